The molecule has 1 spiro atoms. The van der Waals surface area contributed by atoms with Crippen LogP contribution in [0.15, 0.2) is 237 Å². The summed E-state index contributed by atoms with van der Waals surface area (Å²) in [4.78, 5) is 82.9. The number of nitrogens with zero attached hydrogens (tertiary/aromatic N) is 11. The van der Waals surface area contributed by atoms with E-state index in [9.17, 15) is 29.1 Å². The molecule has 30 nitrogen and oxygen atoms in total. The van der Waals surface area contributed by atoms with Gasteiger partial charge in [-0.2, -0.15) is 15.3 Å². The number of nitrogens with one attached hydrogen (secondary N) is 1. The van der Waals surface area contributed by atoms with Crippen molar-refractivity contribution < 1.29 is 99.4 Å². The zero-order valence-electron chi connectivity index (χ0n) is 74.4. The number of nitrogens with two attached hydrogens (primary N) is 1. The Kier molecular flexibility index (Phi) is 34.9. The molecule has 136 heavy (non-hydrogen) atoms. The molecule has 0 saturated heterocycles. The number of aromatic amines is 1. The van der Waals surface area contributed by atoms with E-state index in [0.717, 1.165) is 124 Å². The van der Waals surface area contributed by atoms with Gasteiger partial charge < -0.3 is 64.1 Å². The van der Waals surface area contributed by atoms with Crippen molar-refractivity contribution in [3.63, 3.8) is 0 Å². The van der Waals surface area contributed by atoms with Gasteiger partial charge in [-0.3, -0.25) is 19.3 Å². The molecule has 0 bridgehead atoms. The van der Waals surface area contributed by atoms with Crippen LogP contribution in [0.5, 0.6) is 23.5 Å². The summed E-state index contributed by atoms with van der Waals surface area (Å²) in [5, 5.41) is 62.0. The number of aliphatic hydroxyl groups is 3. The Morgan fingerprint density at radius 3 is 1.12 bits per heavy atom. The van der Waals surface area contributed by atoms with Gasteiger partial charge in [0.25, 0.3) is 0 Å². The van der Waals surface area contributed by atoms with Crippen LogP contribution in [-0.2, 0) is 73.7 Å². The number of carboxylic acids is 1. The molecule has 2 aliphatic rings. The molecule has 699 valence electrons. The van der Waals surface area contributed by atoms with Gasteiger partial charge in [-0.05, 0) is 223 Å². The van der Waals surface area contributed by atoms with E-state index in [-0.39, 0.29) is 60.3 Å². The Labute approximate surface area is 813 Å². The number of fused-ring (bicyclic) bond motifs is 9. The number of aromatic nitrogens is 12. The number of esters is 4. The Morgan fingerprint density at radius 2 is 0.735 bits per heavy atom. The smallest absolute Gasteiger partial charge is 0.340 e. The Balaban J connectivity index is 0.000000142. The van der Waals surface area contributed by atoms with E-state index in [2.05, 4.69) is 64.5 Å². The number of benzene rings is 9. The second-order valence-electron chi connectivity index (χ2n) is 30.8. The quantitative estimate of drug-likeness (QED) is 0.0226. The van der Waals surface area contributed by atoms with Crippen LogP contribution in [0.1, 0.15) is 94.9 Å². The molecule has 1 radical (unpaired) electrons. The molecule has 18 aromatic rings. The largest absolute Gasteiger partial charge is 0.481 e. The number of carbonyl (C=O) groups is 5. The molecule has 0 amide bonds. The van der Waals surface area contributed by atoms with E-state index in [0.29, 0.717) is 117 Å². The Morgan fingerprint density at radius 1 is 0.390 bits per heavy atom. The Hall–Kier alpha value is -13.8. The molecule has 20 rings (SSSR count). The SMILES string of the molecule is COC(=O)C1CC2(CC(N)C2)C1.COC(=O)c1ccc(Cl)c2cn[nH]c12.COC(=O)c1ccc(Cl)c2cnn(Cc3ccc4nc(OC)ccc4c3)c12.COC(=O)c1ccc2nc(Cl)ccc2c1.COc1ccc2cc(CO)ccc2n1.COc1ccc2cc(CO)ccc2n1.COc1ccc2cc(Cn3ncc4c(Cl)ccc(C(=O)O)c43)ccc2n1.OCc1ccc2nc(Cl)ccc2c1.[Mn]. The Bertz CT molecular complexity index is 7210. The van der Waals surface area contributed by atoms with Crippen molar-refractivity contribution in [2.24, 2.45) is 17.1 Å². The summed E-state index contributed by atoms with van der Waals surface area (Å²) in [6.07, 6.45) is 9.07. The fourth-order valence-corrected chi connectivity index (χ4v) is 16.3. The predicted octanol–water partition coefficient (Wildman–Crippen LogP) is 19.3. The number of hydrogen-bond acceptors (Lipinski definition) is 26. The van der Waals surface area contributed by atoms with Crippen LogP contribution >= 0.6 is 58.0 Å². The molecule has 9 aromatic heterocycles. The summed E-state index contributed by atoms with van der Waals surface area (Å²) in [7, 11) is 11.9. The van der Waals surface area contributed by atoms with E-state index in [1.807, 2.05) is 146 Å². The number of methoxy groups -OCH3 is 8. The number of hydrogen-bond donors (Lipinski definition) is 6. The number of carbonyl (C=O) groups excluding carboxylic acids is 4. The number of rotatable bonds is 16. The van der Waals surface area contributed by atoms with Crippen molar-refractivity contribution in [1.29, 1.82) is 0 Å². The third-order valence-corrected chi connectivity index (χ3v) is 23.6. The topological polar surface area (TPSA) is 408 Å². The molecule has 9 aromatic carbocycles. The zero-order chi connectivity index (χ0) is 96.1. The number of aromatic carboxylic acids is 1. The van der Waals surface area contributed by atoms with Gasteiger partial charge in [-0.25, -0.2) is 49.1 Å². The number of aliphatic hydroxyl groups excluding tert-OH is 3. The molecule has 0 aliphatic heterocycles. The second kappa shape index (κ2) is 46.9. The number of H-pyrrole nitrogens is 1. The second-order valence-corrected chi connectivity index (χ2v) is 32.8. The number of pyridine rings is 6. The molecule has 9 heterocycles. The van der Waals surface area contributed by atoms with E-state index in [1.54, 1.807) is 123 Å². The third kappa shape index (κ3) is 24.7. The van der Waals surface area contributed by atoms with Crippen LogP contribution in [0.4, 0.5) is 0 Å². The summed E-state index contributed by atoms with van der Waals surface area (Å²) in [6, 6.07) is 66.0. The van der Waals surface area contributed by atoms with Crippen LogP contribution in [-0.4, -0.2) is 173 Å². The first-order chi connectivity index (χ1) is 65.2. The van der Waals surface area contributed by atoms with Crippen LogP contribution in [0.3, 0.4) is 0 Å². The summed E-state index contributed by atoms with van der Waals surface area (Å²) in [5.41, 5.74) is 19.2. The minimum absolute atomic E-state index is 0. The number of ether oxygens (including phenoxy) is 8. The first kappa shape index (κ1) is 101. The van der Waals surface area contributed by atoms with Crippen molar-refractivity contribution in [3.8, 4) is 23.5 Å². The first-order valence-corrected chi connectivity index (χ1v) is 43.5. The molecule has 2 aliphatic carbocycles. The summed E-state index contributed by atoms with van der Waals surface area (Å²) < 4.78 is 42.6. The molecule has 0 unspecified atom stereocenters. The first-order valence-electron chi connectivity index (χ1n) is 41.6. The van der Waals surface area contributed by atoms with Gasteiger partial charge in [0.05, 0.1) is 201 Å². The predicted molar refractivity (Wildman–Crippen MR) is 519 cm³/mol. The van der Waals surface area contributed by atoms with Gasteiger partial charge in [-0.1, -0.05) is 88.3 Å². The van der Waals surface area contributed by atoms with Crippen molar-refractivity contribution >= 4 is 186 Å². The van der Waals surface area contributed by atoms with Crippen molar-refractivity contribution in [1.82, 2.24) is 59.7 Å². The van der Waals surface area contributed by atoms with Gasteiger partial charge in [0.2, 0.25) is 23.5 Å². The van der Waals surface area contributed by atoms with Gasteiger partial charge in [0.1, 0.15) is 10.3 Å². The number of halogens is 5. The van der Waals surface area contributed by atoms with Crippen molar-refractivity contribution in [2.75, 3.05) is 56.9 Å². The van der Waals surface area contributed by atoms with E-state index in [1.165, 1.54) is 34.5 Å². The maximum absolute atomic E-state index is 12.2. The van der Waals surface area contributed by atoms with Gasteiger partial charge in [0, 0.05) is 95.9 Å². The van der Waals surface area contributed by atoms with E-state index >= 15 is 0 Å². The fourth-order valence-electron chi connectivity index (χ4n) is 15.4. The molecular formula is C100H90Cl5MnN13O17. The van der Waals surface area contributed by atoms with Crippen molar-refractivity contribution in [3.05, 3.63) is 312 Å². The summed E-state index contributed by atoms with van der Waals surface area (Å²) in [6.45, 7) is 1.07. The van der Waals surface area contributed by atoms with E-state index in [4.69, 9.17) is 103 Å². The summed E-state index contributed by atoms with van der Waals surface area (Å²) >= 11 is 29.8. The average molecular weight is 1980 g/mol. The number of carboxylic acid groups (broad SMARTS) is 1. The normalized spacial score (nSPS) is 13.7. The van der Waals surface area contributed by atoms with E-state index < -0.39 is 17.9 Å². The van der Waals surface area contributed by atoms with Gasteiger partial charge >= 0.3 is 29.8 Å². The summed E-state index contributed by atoms with van der Waals surface area (Å²) in [5.74, 6) is 0.279. The van der Waals surface area contributed by atoms with Crippen molar-refractivity contribution in [2.45, 2.75) is 64.6 Å². The monoisotopic (exact) mass is 1970 g/mol. The minimum Gasteiger partial charge on any atom is -0.481 e. The molecule has 0 atom stereocenters. The van der Waals surface area contributed by atoms with Gasteiger partial charge in [-0.15, -0.1) is 0 Å². The van der Waals surface area contributed by atoms with Crippen LogP contribution in [0.2, 0.25) is 25.4 Å². The molecule has 36 heteroatoms. The maximum Gasteiger partial charge on any atom is 0.340 e. The zero-order valence-corrected chi connectivity index (χ0v) is 79.4. The van der Waals surface area contributed by atoms with Gasteiger partial charge in [0.15, 0.2) is 0 Å². The minimum atomic E-state index is -1.01. The van der Waals surface area contributed by atoms with Crippen LogP contribution < -0.4 is 24.7 Å². The molecule has 7 N–H and O–H groups in total. The van der Waals surface area contributed by atoms with Crippen LogP contribution in [0, 0.1) is 11.3 Å². The van der Waals surface area contributed by atoms with Crippen LogP contribution in [0.25, 0.3) is 98.1 Å². The molecule has 2 fully saturated rings. The fraction of sp³-hybridized carbons (Fsp3) is 0.200. The third-order valence-electron chi connectivity index (χ3n) is 22.1. The maximum atomic E-state index is 12.2. The molecular weight excluding hydrogens is 1890 g/mol. The molecule has 2 saturated carbocycles. The average Bonchev–Trinajstić information content (AvgIpc) is 0.942. The standard InChI is InChI=1S/C20H16ClN3O3.C19H14ClN3O3.C11H8ClNO2.2C11H11NO2.C10H8ClNO.C9H7ClN2O2.C9H15NO2.Mn/c1-26-18-8-4-13-9-12(3-7-17(13)23-18)11-24-19-14(20(25)27-2)5-6-16(21)15(19)10-22-24;1-26-17-7-3-12-8-11(2-6-16(12)22-17)10-23-18-13(19(24)25)4-5-15(20)14(18)9-21-23;1-15-11(14)8-2-4-9-7(6-8)3-5-10(12)13-9;2*1-14-11-5-3-9-6-8(7-13)2-4-10(9)12-11;11-10-4-2-8-5-7(6-13)1-3-9(8)12-10;1-14-9(13)5-2-3-7(10)6-4-11-12-8(5)6;1-12-8(11)6-2-9(3-6)4-7(10)5-9;/h3-10H,11H2,1-2H3;2-9H,10H2,1H3,(H,24,25);2-6H,1H3;2*2-6,13H,7H2,1H3;1-5,13H,6H2;2-4H,1H3,(H,11,12);6-7H,2-5,10H2,1H3;.